The second-order valence-electron chi connectivity index (χ2n) is 6.46. The quantitative estimate of drug-likeness (QED) is 0.759. The number of aryl methyl sites for hydroxylation is 2. The SMILES string of the molecule is Cc1nc([C@@H]2OCC[C@@H]2NC(=O)Cc2cc3ccccc3n2C)n[nH]1. The number of hydrogen-bond donors (Lipinski definition) is 2. The van der Waals surface area contributed by atoms with Crippen molar-refractivity contribution < 1.29 is 9.53 Å². The van der Waals surface area contributed by atoms with E-state index in [-0.39, 0.29) is 18.1 Å². The Morgan fingerprint density at radius 2 is 2.28 bits per heavy atom. The van der Waals surface area contributed by atoms with Crippen molar-refractivity contribution in [1.82, 2.24) is 25.1 Å². The average molecular weight is 339 g/mol. The van der Waals surface area contributed by atoms with E-state index in [1.807, 2.05) is 26.1 Å². The molecule has 7 heteroatoms. The number of H-pyrrole nitrogens is 1. The first-order valence-corrected chi connectivity index (χ1v) is 8.45. The third kappa shape index (κ3) is 3.02. The molecule has 25 heavy (non-hydrogen) atoms. The maximum Gasteiger partial charge on any atom is 0.226 e. The Morgan fingerprint density at radius 3 is 3.04 bits per heavy atom. The van der Waals surface area contributed by atoms with E-state index in [1.54, 1.807) is 0 Å². The molecule has 2 aromatic heterocycles. The number of carbonyl (C=O) groups excluding carboxylic acids is 1. The van der Waals surface area contributed by atoms with E-state index >= 15 is 0 Å². The van der Waals surface area contributed by atoms with E-state index in [4.69, 9.17) is 4.74 Å². The Labute approximate surface area is 145 Å². The Bertz CT molecular complexity index is 913. The van der Waals surface area contributed by atoms with Gasteiger partial charge in [-0.25, -0.2) is 4.98 Å². The summed E-state index contributed by atoms with van der Waals surface area (Å²) in [5.41, 5.74) is 2.12. The molecule has 1 saturated heterocycles. The number of hydrogen-bond acceptors (Lipinski definition) is 4. The van der Waals surface area contributed by atoms with Gasteiger partial charge in [-0.1, -0.05) is 18.2 Å². The summed E-state index contributed by atoms with van der Waals surface area (Å²) in [5, 5.41) is 11.2. The zero-order valence-corrected chi connectivity index (χ0v) is 14.3. The maximum atomic E-state index is 12.6. The molecule has 0 unspecified atom stereocenters. The van der Waals surface area contributed by atoms with Crippen molar-refractivity contribution in [2.75, 3.05) is 6.61 Å². The predicted octanol–water partition coefficient (Wildman–Crippen LogP) is 1.79. The van der Waals surface area contributed by atoms with Gasteiger partial charge in [0, 0.05) is 24.9 Å². The van der Waals surface area contributed by atoms with Gasteiger partial charge in [-0.3, -0.25) is 9.89 Å². The summed E-state index contributed by atoms with van der Waals surface area (Å²) in [6, 6.07) is 10.1. The third-order valence-electron chi connectivity index (χ3n) is 4.70. The van der Waals surface area contributed by atoms with Gasteiger partial charge in [-0.05, 0) is 30.9 Å². The molecular weight excluding hydrogens is 318 g/mol. The number of ether oxygens (including phenoxy) is 1. The van der Waals surface area contributed by atoms with Crippen LogP contribution in [0.2, 0.25) is 0 Å². The summed E-state index contributed by atoms with van der Waals surface area (Å²) in [6.07, 6.45) is 0.807. The number of carbonyl (C=O) groups is 1. The van der Waals surface area contributed by atoms with Crippen LogP contribution in [-0.4, -0.2) is 38.3 Å². The van der Waals surface area contributed by atoms with E-state index in [2.05, 4.69) is 43.3 Å². The number of nitrogens with one attached hydrogen (secondary N) is 2. The number of nitrogens with zero attached hydrogens (tertiary/aromatic N) is 3. The van der Waals surface area contributed by atoms with Gasteiger partial charge in [-0.15, -0.1) is 0 Å². The van der Waals surface area contributed by atoms with Gasteiger partial charge in [0.15, 0.2) is 5.82 Å². The molecule has 0 aliphatic carbocycles. The van der Waals surface area contributed by atoms with Crippen molar-refractivity contribution in [3.63, 3.8) is 0 Å². The van der Waals surface area contributed by atoms with Crippen LogP contribution in [-0.2, 0) is 23.0 Å². The molecule has 3 heterocycles. The molecule has 1 aliphatic heterocycles. The van der Waals surface area contributed by atoms with Gasteiger partial charge in [0.2, 0.25) is 5.91 Å². The number of rotatable bonds is 4. The van der Waals surface area contributed by atoms with Crippen LogP contribution in [0.4, 0.5) is 0 Å². The van der Waals surface area contributed by atoms with Gasteiger partial charge >= 0.3 is 0 Å². The smallest absolute Gasteiger partial charge is 0.226 e. The van der Waals surface area contributed by atoms with Gasteiger partial charge in [-0.2, -0.15) is 5.10 Å². The normalized spacial score (nSPS) is 20.2. The number of aromatic amines is 1. The van der Waals surface area contributed by atoms with E-state index in [1.165, 1.54) is 0 Å². The first-order valence-electron chi connectivity index (χ1n) is 8.45. The van der Waals surface area contributed by atoms with Crippen molar-refractivity contribution in [2.24, 2.45) is 7.05 Å². The van der Waals surface area contributed by atoms with Crippen LogP contribution in [0, 0.1) is 6.92 Å². The number of fused-ring (bicyclic) bond motifs is 1. The fraction of sp³-hybridized carbons (Fsp3) is 0.389. The highest BCUT2D eigenvalue weighted by atomic mass is 16.5. The topological polar surface area (TPSA) is 84.8 Å². The molecule has 1 fully saturated rings. The molecule has 1 aromatic carbocycles. The van der Waals surface area contributed by atoms with Crippen molar-refractivity contribution in [3.8, 4) is 0 Å². The van der Waals surface area contributed by atoms with Gasteiger partial charge in [0.25, 0.3) is 0 Å². The lowest BCUT2D eigenvalue weighted by Gasteiger charge is -2.17. The lowest BCUT2D eigenvalue weighted by molar-refractivity contribution is -0.121. The molecule has 0 saturated carbocycles. The minimum atomic E-state index is -0.290. The van der Waals surface area contributed by atoms with E-state index in [9.17, 15) is 4.79 Å². The van der Waals surface area contributed by atoms with Crippen LogP contribution >= 0.6 is 0 Å². The standard InChI is InChI=1S/C18H21N5O2/c1-11-19-18(22-21-11)17-14(7-8-25-17)20-16(24)10-13-9-12-5-3-4-6-15(12)23(13)2/h3-6,9,14,17H,7-8,10H2,1-2H3,(H,20,24)(H,19,21,22)/t14-,17+/m0/s1. The lowest BCUT2D eigenvalue weighted by atomic mass is 10.1. The molecule has 3 aromatic rings. The first kappa shape index (κ1) is 15.8. The van der Waals surface area contributed by atoms with Crippen LogP contribution < -0.4 is 5.32 Å². The average Bonchev–Trinajstić information content (AvgIpc) is 3.29. The zero-order valence-electron chi connectivity index (χ0n) is 14.3. The van der Waals surface area contributed by atoms with Gasteiger partial charge < -0.3 is 14.6 Å². The number of para-hydroxylation sites is 1. The molecule has 2 N–H and O–H groups in total. The number of aromatic nitrogens is 4. The summed E-state index contributed by atoms with van der Waals surface area (Å²) >= 11 is 0. The highest BCUT2D eigenvalue weighted by Crippen LogP contribution is 2.27. The molecule has 2 atom stereocenters. The molecule has 0 radical (unpaired) electrons. The van der Waals surface area contributed by atoms with Crippen LogP contribution in [0.1, 0.15) is 29.9 Å². The predicted molar refractivity (Wildman–Crippen MR) is 93.0 cm³/mol. The minimum Gasteiger partial charge on any atom is -0.368 e. The first-order chi connectivity index (χ1) is 12.1. The Hall–Kier alpha value is -2.67. The van der Waals surface area contributed by atoms with Crippen LogP contribution in [0.15, 0.2) is 30.3 Å². The lowest BCUT2D eigenvalue weighted by Crippen LogP contribution is -2.38. The van der Waals surface area contributed by atoms with Gasteiger partial charge in [0.1, 0.15) is 11.9 Å². The fourth-order valence-corrected chi connectivity index (χ4v) is 3.42. The molecular formula is C18H21N5O2. The van der Waals surface area contributed by atoms with Crippen LogP contribution in [0.5, 0.6) is 0 Å². The van der Waals surface area contributed by atoms with Crippen molar-refractivity contribution >= 4 is 16.8 Å². The number of amides is 1. The molecule has 7 nitrogen and oxygen atoms in total. The second kappa shape index (κ2) is 6.33. The summed E-state index contributed by atoms with van der Waals surface area (Å²) in [5.74, 6) is 1.33. The monoisotopic (exact) mass is 339 g/mol. The van der Waals surface area contributed by atoms with E-state index < -0.39 is 0 Å². The summed E-state index contributed by atoms with van der Waals surface area (Å²) in [7, 11) is 1.99. The van der Waals surface area contributed by atoms with E-state index in [0.29, 0.717) is 18.9 Å². The molecule has 4 rings (SSSR count). The largest absolute Gasteiger partial charge is 0.368 e. The van der Waals surface area contributed by atoms with Gasteiger partial charge in [0.05, 0.1) is 12.5 Å². The summed E-state index contributed by atoms with van der Waals surface area (Å²) in [6.45, 7) is 2.44. The van der Waals surface area contributed by atoms with Crippen LogP contribution in [0.25, 0.3) is 10.9 Å². The highest BCUT2D eigenvalue weighted by Gasteiger charge is 2.33. The minimum absolute atomic E-state index is 0.0151. The van der Waals surface area contributed by atoms with Crippen molar-refractivity contribution in [1.29, 1.82) is 0 Å². The molecule has 1 amide bonds. The zero-order chi connectivity index (χ0) is 17.4. The maximum absolute atomic E-state index is 12.6. The number of benzene rings is 1. The fourth-order valence-electron chi connectivity index (χ4n) is 3.42. The second-order valence-corrected chi connectivity index (χ2v) is 6.46. The third-order valence-corrected chi connectivity index (χ3v) is 4.70. The molecule has 0 spiro atoms. The Kier molecular flexibility index (Phi) is 4.01. The summed E-state index contributed by atoms with van der Waals surface area (Å²) < 4.78 is 7.79. The molecule has 130 valence electrons. The van der Waals surface area contributed by atoms with E-state index in [0.717, 1.165) is 28.8 Å². The molecule has 1 aliphatic rings. The summed E-state index contributed by atoms with van der Waals surface area (Å²) in [4.78, 5) is 16.9. The Morgan fingerprint density at radius 1 is 1.44 bits per heavy atom. The van der Waals surface area contributed by atoms with Crippen molar-refractivity contribution in [3.05, 3.63) is 47.7 Å². The van der Waals surface area contributed by atoms with Crippen LogP contribution in [0.3, 0.4) is 0 Å². The highest BCUT2D eigenvalue weighted by molar-refractivity contribution is 5.84. The molecule has 0 bridgehead atoms. The van der Waals surface area contributed by atoms with Crippen molar-refractivity contribution in [2.45, 2.75) is 31.9 Å². The Balaban J connectivity index is 1.47.